The number of sulfonamides is 1. The average molecular weight is 419 g/mol. The van der Waals surface area contributed by atoms with Crippen molar-refractivity contribution in [2.45, 2.75) is 6.92 Å². The highest BCUT2D eigenvalue weighted by Gasteiger charge is 2.10. The lowest BCUT2D eigenvalue weighted by molar-refractivity contribution is 0.609. The fraction of sp³-hybridized carbons (Fsp3) is 0.0588. The van der Waals surface area contributed by atoms with Crippen LogP contribution in [-0.2, 0) is 10.0 Å². The van der Waals surface area contributed by atoms with Gasteiger partial charge in [-0.2, -0.15) is 5.10 Å². The highest BCUT2D eigenvalue weighted by molar-refractivity contribution is 9.10. The van der Waals surface area contributed by atoms with Gasteiger partial charge in [0.15, 0.2) is 5.82 Å². The molecule has 0 spiro atoms. The molecule has 0 saturated heterocycles. The van der Waals surface area contributed by atoms with Crippen LogP contribution < -0.4 is 4.72 Å². The van der Waals surface area contributed by atoms with Crippen LogP contribution in [0.5, 0.6) is 0 Å². The van der Waals surface area contributed by atoms with Crippen molar-refractivity contribution in [2.75, 3.05) is 4.72 Å². The number of rotatable bonds is 5. The van der Waals surface area contributed by atoms with E-state index in [0.717, 1.165) is 26.7 Å². The number of hydrogen-bond acceptors (Lipinski definition) is 4. The van der Waals surface area contributed by atoms with E-state index >= 15 is 0 Å². The van der Waals surface area contributed by atoms with Crippen LogP contribution in [0.2, 0.25) is 0 Å². The molecule has 8 heteroatoms. The number of aromatic nitrogens is 3. The Kier molecular flexibility index (Phi) is 5.00. The first-order valence-electron chi connectivity index (χ1n) is 7.36. The molecule has 0 bridgehead atoms. The lowest BCUT2D eigenvalue weighted by Gasteiger charge is -2.00. The predicted octanol–water partition coefficient (Wildman–Crippen LogP) is 3.96. The third-order valence-corrected chi connectivity index (χ3v) is 4.86. The Morgan fingerprint density at radius 3 is 2.64 bits per heavy atom. The number of pyridine rings is 1. The molecule has 25 heavy (non-hydrogen) atoms. The molecule has 0 aliphatic carbocycles. The van der Waals surface area contributed by atoms with Gasteiger partial charge in [-0.25, -0.2) is 8.42 Å². The molecule has 3 aromatic rings. The average Bonchev–Trinajstić information content (AvgIpc) is 3.02. The van der Waals surface area contributed by atoms with Gasteiger partial charge in [-0.05, 0) is 42.8 Å². The molecule has 1 aromatic carbocycles. The van der Waals surface area contributed by atoms with Gasteiger partial charge in [0, 0.05) is 28.0 Å². The summed E-state index contributed by atoms with van der Waals surface area (Å²) in [6, 6.07) is 12.7. The van der Waals surface area contributed by atoms with Crippen LogP contribution in [0.25, 0.3) is 17.3 Å². The lowest BCUT2D eigenvalue weighted by Crippen LogP contribution is -2.09. The van der Waals surface area contributed by atoms with Crippen molar-refractivity contribution in [3.8, 4) is 11.3 Å². The number of nitrogens with one attached hydrogen (secondary N) is 2. The van der Waals surface area contributed by atoms with Crippen LogP contribution in [0.15, 0.2) is 58.5 Å². The van der Waals surface area contributed by atoms with Gasteiger partial charge in [0.05, 0.1) is 11.1 Å². The summed E-state index contributed by atoms with van der Waals surface area (Å²) < 4.78 is 27.7. The van der Waals surface area contributed by atoms with Crippen LogP contribution in [0.3, 0.4) is 0 Å². The topological polar surface area (TPSA) is 87.7 Å². The molecule has 0 atom stereocenters. The summed E-state index contributed by atoms with van der Waals surface area (Å²) in [4.78, 5) is 4.13. The summed E-state index contributed by atoms with van der Waals surface area (Å²) in [5.41, 5.74) is 3.24. The minimum absolute atomic E-state index is 0.227. The number of halogens is 1. The van der Waals surface area contributed by atoms with E-state index in [4.69, 9.17) is 0 Å². The van der Waals surface area contributed by atoms with Crippen molar-refractivity contribution < 1.29 is 8.42 Å². The molecular formula is C17H15BrN4O2S. The number of aryl methyl sites for hydroxylation is 1. The monoisotopic (exact) mass is 418 g/mol. The summed E-state index contributed by atoms with van der Waals surface area (Å²) >= 11 is 3.34. The predicted molar refractivity (Wildman–Crippen MR) is 102 cm³/mol. The highest BCUT2D eigenvalue weighted by atomic mass is 79.9. The van der Waals surface area contributed by atoms with E-state index < -0.39 is 10.0 Å². The summed E-state index contributed by atoms with van der Waals surface area (Å²) in [6.45, 7) is 1.89. The second-order valence-corrected chi connectivity index (χ2v) is 7.84. The van der Waals surface area contributed by atoms with E-state index in [9.17, 15) is 8.42 Å². The van der Waals surface area contributed by atoms with E-state index in [1.54, 1.807) is 12.3 Å². The molecule has 2 aromatic heterocycles. The molecule has 0 amide bonds. The number of benzene rings is 1. The molecule has 0 aliphatic rings. The van der Waals surface area contributed by atoms with Gasteiger partial charge >= 0.3 is 0 Å². The number of hydrogen-bond donors (Lipinski definition) is 2. The van der Waals surface area contributed by atoms with Crippen LogP contribution in [0.1, 0.15) is 11.3 Å². The van der Waals surface area contributed by atoms with Gasteiger partial charge in [0.1, 0.15) is 0 Å². The molecule has 0 aliphatic heterocycles. The largest absolute Gasteiger partial charge is 0.276 e. The lowest BCUT2D eigenvalue weighted by atomic mass is 10.2. The number of nitrogens with zero attached hydrogens (tertiary/aromatic N) is 2. The zero-order valence-corrected chi connectivity index (χ0v) is 15.7. The minimum atomic E-state index is -3.66. The van der Waals surface area contributed by atoms with Gasteiger partial charge < -0.3 is 0 Å². The third kappa shape index (κ3) is 4.77. The van der Waals surface area contributed by atoms with Crippen molar-refractivity contribution in [2.24, 2.45) is 0 Å². The van der Waals surface area contributed by atoms with Crippen molar-refractivity contribution in [1.82, 2.24) is 15.2 Å². The van der Waals surface area contributed by atoms with E-state index in [1.165, 1.54) is 6.08 Å². The van der Waals surface area contributed by atoms with Crippen LogP contribution >= 0.6 is 15.9 Å². The summed E-state index contributed by atoms with van der Waals surface area (Å²) in [5.74, 6) is 0.227. The maximum absolute atomic E-state index is 12.2. The van der Waals surface area contributed by atoms with Crippen molar-refractivity contribution in [3.63, 3.8) is 0 Å². The van der Waals surface area contributed by atoms with Gasteiger partial charge in [-0.15, -0.1) is 0 Å². The fourth-order valence-electron chi connectivity index (χ4n) is 2.16. The minimum Gasteiger partial charge on any atom is -0.276 e. The van der Waals surface area contributed by atoms with Gasteiger partial charge in [0.2, 0.25) is 0 Å². The number of anilines is 1. The van der Waals surface area contributed by atoms with Gasteiger partial charge in [-0.1, -0.05) is 28.1 Å². The maximum atomic E-state index is 12.2. The van der Waals surface area contributed by atoms with Crippen molar-refractivity contribution in [1.29, 1.82) is 0 Å². The quantitative estimate of drug-likeness (QED) is 0.656. The maximum Gasteiger partial charge on any atom is 0.256 e. The molecule has 6 nitrogen and oxygen atoms in total. The zero-order valence-electron chi connectivity index (χ0n) is 13.3. The summed E-state index contributed by atoms with van der Waals surface area (Å²) in [5, 5.41) is 7.93. The standard InChI is InChI=1S/C17H15BrN4O2S/c1-12-10-14(6-8-19-12)16-11-17(21-20-16)22-25(23,24)9-7-13-2-4-15(18)5-3-13/h2-11H,1H3,(H2,20,21,22)/b9-7+. The van der Waals surface area contributed by atoms with Gasteiger partial charge in [-0.3, -0.25) is 14.8 Å². The van der Waals surface area contributed by atoms with Crippen LogP contribution in [0.4, 0.5) is 5.82 Å². The van der Waals surface area contributed by atoms with E-state index in [0.29, 0.717) is 5.69 Å². The van der Waals surface area contributed by atoms with E-state index in [2.05, 4.69) is 35.8 Å². The Hall–Kier alpha value is -2.45. The molecule has 3 rings (SSSR count). The smallest absolute Gasteiger partial charge is 0.256 e. The fourth-order valence-corrected chi connectivity index (χ4v) is 3.22. The van der Waals surface area contributed by atoms with Crippen molar-refractivity contribution in [3.05, 3.63) is 69.8 Å². The molecule has 0 unspecified atom stereocenters. The molecular weight excluding hydrogens is 404 g/mol. The van der Waals surface area contributed by atoms with E-state index in [-0.39, 0.29) is 5.82 Å². The van der Waals surface area contributed by atoms with E-state index in [1.807, 2.05) is 43.3 Å². The van der Waals surface area contributed by atoms with Gasteiger partial charge in [0.25, 0.3) is 10.0 Å². The Morgan fingerprint density at radius 2 is 1.92 bits per heavy atom. The first-order chi connectivity index (χ1) is 11.9. The number of H-pyrrole nitrogens is 1. The molecule has 0 fully saturated rings. The molecule has 2 heterocycles. The van der Waals surface area contributed by atoms with Crippen molar-refractivity contribution >= 4 is 37.8 Å². The molecule has 128 valence electrons. The Labute approximate surface area is 154 Å². The van der Waals surface area contributed by atoms with Crippen LogP contribution in [-0.4, -0.2) is 23.6 Å². The third-order valence-electron chi connectivity index (χ3n) is 3.34. The Morgan fingerprint density at radius 1 is 1.16 bits per heavy atom. The zero-order chi connectivity index (χ0) is 17.9. The number of aromatic amines is 1. The first-order valence-corrected chi connectivity index (χ1v) is 9.70. The highest BCUT2D eigenvalue weighted by Crippen LogP contribution is 2.20. The SMILES string of the molecule is Cc1cc(-c2cc(NS(=O)(=O)/C=C/c3ccc(Br)cc3)n[nH]2)ccn1. The molecule has 0 saturated carbocycles. The Balaban J connectivity index is 1.74. The van der Waals surface area contributed by atoms with Crippen LogP contribution in [0, 0.1) is 6.92 Å². The Bertz CT molecular complexity index is 1010. The molecule has 0 radical (unpaired) electrons. The second kappa shape index (κ2) is 7.20. The normalized spacial score (nSPS) is 11.8. The first kappa shape index (κ1) is 17.4. The summed E-state index contributed by atoms with van der Waals surface area (Å²) in [7, 11) is -3.66. The molecule has 2 N–H and O–H groups in total. The summed E-state index contributed by atoms with van der Waals surface area (Å²) in [6.07, 6.45) is 3.21. The second-order valence-electron chi connectivity index (χ2n) is 5.35.